The van der Waals surface area contributed by atoms with Gasteiger partial charge in [-0.25, -0.2) is 4.98 Å². The lowest BCUT2D eigenvalue weighted by molar-refractivity contribution is 0.458. The summed E-state index contributed by atoms with van der Waals surface area (Å²) < 4.78 is 30.8. The monoisotopic (exact) mass is 236 g/mol. The minimum atomic E-state index is -4.46. The van der Waals surface area contributed by atoms with E-state index in [1.807, 2.05) is 0 Å². The largest absolute Gasteiger partial charge is 0.375 e. The first-order valence-electron chi connectivity index (χ1n) is 3.25. The molecule has 1 atom stereocenters. The van der Waals surface area contributed by atoms with Crippen molar-refractivity contribution in [2.45, 2.75) is 6.04 Å². The summed E-state index contributed by atoms with van der Waals surface area (Å²) in [6, 6.07) is -1.33. The van der Waals surface area contributed by atoms with Gasteiger partial charge in [-0.3, -0.25) is 9.35 Å². The Hall–Kier alpha value is -1.03. The zero-order valence-electron chi connectivity index (χ0n) is 6.67. The molecule has 0 aliphatic carbocycles. The number of thiazole rings is 1. The molecule has 0 fully saturated rings. The zero-order valence-corrected chi connectivity index (χ0v) is 8.30. The first kappa shape index (κ1) is 11.0. The van der Waals surface area contributed by atoms with Gasteiger partial charge in [-0.15, -0.1) is 11.3 Å². The molecule has 0 spiro atoms. The molecule has 0 aliphatic rings. The predicted octanol–water partition coefficient (Wildman–Crippen LogP) is -0.731. The highest BCUT2D eigenvalue weighted by molar-refractivity contribution is 7.83. The predicted molar refractivity (Wildman–Crippen MR) is 49.6 cm³/mol. The van der Waals surface area contributed by atoms with Crippen LogP contribution < -0.4 is 10.5 Å². The van der Waals surface area contributed by atoms with Crippen molar-refractivity contribution in [1.29, 1.82) is 0 Å². The standard InChI is InChI=1S/C5H6N3O4S2/c6-5-7-4(2-13-5)3(1-9)8-14(10,11)12/h2-3,8H,(H2,6,7)(H,10,11,12). The van der Waals surface area contributed by atoms with Gasteiger partial charge < -0.3 is 5.73 Å². The van der Waals surface area contributed by atoms with Crippen LogP contribution in [0, 0.1) is 0 Å². The first-order chi connectivity index (χ1) is 6.42. The molecular weight excluding hydrogens is 230 g/mol. The SMILES string of the molecule is Nc1nc(C([C]=O)NS(=O)(=O)O)cs1. The molecule has 0 saturated carbocycles. The molecule has 7 nitrogen and oxygen atoms in total. The molecule has 77 valence electrons. The van der Waals surface area contributed by atoms with E-state index in [9.17, 15) is 13.2 Å². The van der Waals surface area contributed by atoms with E-state index in [2.05, 4.69) is 4.98 Å². The van der Waals surface area contributed by atoms with E-state index in [0.717, 1.165) is 11.3 Å². The van der Waals surface area contributed by atoms with Crippen molar-refractivity contribution in [2.75, 3.05) is 5.73 Å². The quantitative estimate of drug-likeness (QED) is 0.592. The van der Waals surface area contributed by atoms with Gasteiger partial charge in [0.25, 0.3) is 0 Å². The van der Waals surface area contributed by atoms with Crippen molar-refractivity contribution >= 4 is 33.1 Å². The molecule has 0 aliphatic heterocycles. The average Bonchev–Trinajstić information content (AvgIpc) is 2.46. The van der Waals surface area contributed by atoms with Gasteiger partial charge in [0, 0.05) is 5.38 Å². The summed E-state index contributed by atoms with van der Waals surface area (Å²) in [6.45, 7) is 0. The lowest BCUT2D eigenvalue weighted by atomic mass is 10.3. The molecule has 1 unspecified atom stereocenters. The van der Waals surface area contributed by atoms with E-state index >= 15 is 0 Å². The number of anilines is 1. The van der Waals surface area contributed by atoms with E-state index in [1.54, 1.807) is 4.72 Å². The number of aromatic nitrogens is 1. The van der Waals surface area contributed by atoms with Gasteiger partial charge in [-0.1, -0.05) is 0 Å². The molecule has 0 bridgehead atoms. The van der Waals surface area contributed by atoms with E-state index in [0.29, 0.717) is 0 Å². The van der Waals surface area contributed by atoms with Gasteiger partial charge >= 0.3 is 10.3 Å². The Morgan fingerprint density at radius 2 is 2.36 bits per heavy atom. The summed E-state index contributed by atoms with van der Waals surface area (Å²) in [6.07, 6.45) is 1.38. The highest BCUT2D eigenvalue weighted by Gasteiger charge is 2.19. The van der Waals surface area contributed by atoms with E-state index in [1.165, 1.54) is 11.7 Å². The molecule has 0 amide bonds. The summed E-state index contributed by atoms with van der Waals surface area (Å²) in [5.41, 5.74) is 5.37. The highest BCUT2D eigenvalue weighted by Crippen LogP contribution is 2.17. The van der Waals surface area contributed by atoms with Crippen LogP contribution in [-0.4, -0.2) is 24.2 Å². The van der Waals surface area contributed by atoms with Crippen LogP contribution in [0.25, 0.3) is 0 Å². The summed E-state index contributed by atoms with van der Waals surface area (Å²) in [7, 11) is -4.46. The molecule has 1 aromatic rings. The number of rotatable bonds is 4. The van der Waals surface area contributed by atoms with Crippen LogP contribution in [0.3, 0.4) is 0 Å². The van der Waals surface area contributed by atoms with Crippen molar-refractivity contribution in [3.05, 3.63) is 11.1 Å². The van der Waals surface area contributed by atoms with Crippen LogP contribution in [0.4, 0.5) is 5.13 Å². The van der Waals surface area contributed by atoms with Gasteiger partial charge in [0.05, 0.1) is 5.69 Å². The molecule has 0 aromatic carbocycles. The number of carbonyl (C=O) groups excluding carboxylic acids is 1. The van der Waals surface area contributed by atoms with Crippen LogP contribution in [0.1, 0.15) is 11.7 Å². The summed E-state index contributed by atoms with van der Waals surface area (Å²) in [5.74, 6) is 0. The Morgan fingerprint density at radius 1 is 1.71 bits per heavy atom. The average molecular weight is 236 g/mol. The van der Waals surface area contributed by atoms with Gasteiger partial charge in [-0.05, 0) is 0 Å². The lowest BCUT2D eigenvalue weighted by Crippen LogP contribution is -2.28. The van der Waals surface area contributed by atoms with Crippen LogP contribution in [0.15, 0.2) is 5.38 Å². The molecule has 1 rings (SSSR count). The number of nitrogen functional groups attached to an aromatic ring is 1. The summed E-state index contributed by atoms with van der Waals surface area (Å²) in [4.78, 5) is 14.0. The van der Waals surface area contributed by atoms with Crippen molar-refractivity contribution in [3.63, 3.8) is 0 Å². The van der Waals surface area contributed by atoms with Crippen LogP contribution in [0.5, 0.6) is 0 Å². The Balaban J connectivity index is 2.88. The van der Waals surface area contributed by atoms with Crippen molar-refractivity contribution in [1.82, 2.24) is 9.71 Å². The minimum absolute atomic E-state index is 0.0973. The van der Waals surface area contributed by atoms with Crippen LogP contribution in [0.2, 0.25) is 0 Å². The molecule has 0 saturated heterocycles. The maximum absolute atomic E-state index is 10.4. The third kappa shape index (κ3) is 3.03. The van der Waals surface area contributed by atoms with E-state index in [-0.39, 0.29) is 10.8 Å². The summed E-state index contributed by atoms with van der Waals surface area (Å²) >= 11 is 1.05. The molecule has 9 heteroatoms. The Labute approximate surface area is 83.8 Å². The number of nitrogens with one attached hydrogen (secondary N) is 1. The third-order valence-electron chi connectivity index (χ3n) is 1.22. The normalized spacial score (nSPS) is 13.8. The Kier molecular flexibility index (Phi) is 3.16. The fraction of sp³-hybridized carbons (Fsp3) is 0.200. The van der Waals surface area contributed by atoms with E-state index in [4.69, 9.17) is 10.3 Å². The topological polar surface area (TPSA) is 122 Å². The first-order valence-corrected chi connectivity index (χ1v) is 5.57. The fourth-order valence-corrected chi connectivity index (χ4v) is 1.78. The van der Waals surface area contributed by atoms with Crippen molar-refractivity contribution in [3.8, 4) is 0 Å². The number of nitrogens with two attached hydrogens (primary N) is 1. The highest BCUT2D eigenvalue weighted by atomic mass is 32.2. The summed E-state index contributed by atoms with van der Waals surface area (Å²) in [5, 5.41) is 1.58. The van der Waals surface area contributed by atoms with Crippen LogP contribution in [-0.2, 0) is 15.1 Å². The molecule has 4 N–H and O–H groups in total. The zero-order chi connectivity index (χ0) is 10.8. The van der Waals surface area contributed by atoms with Crippen molar-refractivity contribution < 1.29 is 17.8 Å². The Morgan fingerprint density at radius 3 is 2.71 bits per heavy atom. The fourth-order valence-electron chi connectivity index (χ4n) is 0.727. The van der Waals surface area contributed by atoms with Crippen LogP contribution >= 0.6 is 11.3 Å². The number of hydrogen-bond donors (Lipinski definition) is 3. The molecule has 1 radical (unpaired) electrons. The second-order valence-corrected chi connectivity index (χ2v) is 4.33. The molecule has 1 heterocycles. The van der Waals surface area contributed by atoms with Crippen molar-refractivity contribution in [2.24, 2.45) is 0 Å². The lowest BCUT2D eigenvalue weighted by Gasteiger charge is -2.04. The van der Waals surface area contributed by atoms with E-state index < -0.39 is 16.3 Å². The molecule has 1 aromatic heterocycles. The molecule has 14 heavy (non-hydrogen) atoms. The number of hydrogen-bond acceptors (Lipinski definition) is 6. The second kappa shape index (κ2) is 4.00. The van der Waals surface area contributed by atoms with Gasteiger partial charge in [0.2, 0.25) is 6.29 Å². The number of nitrogens with zero attached hydrogens (tertiary/aromatic N) is 1. The van der Waals surface area contributed by atoms with Gasteiger partial charge in [0.15, 0.2) is 5.13 Å². The Bertz CT molecular complexity index is 426. The minimum Gasteiger partial charge on any atom is -0.375 e. The maximum Gasteiger partial charge on any atom is 0.334 e. The van der Waals surface area contributed by atoms with Gasteiger partial charge in [0.1, 0.15) is 6.04 Å². The maximum atomic E-state index is 10.4. The third-order valence-corrected chi connectivity index (χ3v) is 2.45. The smallest absolute Gasteiger partial charge is 0.334 e. The molecular formula is C5H6N3O4S2. The van der Waals surface area contributed by atoms with Gasteiger partial charge in [-0.2, -0.15) is 13.1 Å². The second-order valence-electron chi connectivity index (χ2n) is 2.25.